The van der Waals surface area contributed by atoms with Crippen molar-refractivity contribution in [1.82, 2.24) is 4.98 Å². The van der Waals surface area contributed by atoms with Crippen molar-refractivity contribution in [2.24, 2.45) is 0 Å². The van der Waals surface area contributed by atoms with Gasteiger partial charge in [-0.3, -0.25) is 0 Å². The molecular weight excluding hydrogens is 346 g/mol. The summed E-state index contributed by atoms with van der Waals surface area (Å²) >= 11 is 1.54. The van der Waals surface area contributed by atoms with Crippen molar-refractivity contribution >= 4 is 38.3 Å². The van der Waals surface area contributed by atoms with Crippen molar-refractivity contribution in [2.45, 2.75) is 13.0 Å². The molecule has 4 rings (SSSR count). The van der Waals surface area contributed by atoms with Gasteiger partial charge >= 0.3 is 5.97 Å². The smallest absolute Gasteiger partial charge is 0.342 e. The number of para-hydroxylation sites is 1. The van der Waals surface area contributed by atoms with E-state index in [1.54, 1.807) is 7.11 Å². The van der Waals surface area contributed by atoms with Crippen LogP contribution in [-0.4, -0.2) is 18.1 Å². The summed E-state index contributed by atoms with van der Waals surface area (Å²) in [6.45, 7) is 1.84. The second kappa shape index (κ2) is 6.77. The van der Waals surface area contributed by atoms with E-state index in [9.17, 15) is 4.79 Å². The minimum absolute atomic E-state index is 0.416. The number of fused-ring (bicyclic) bond motifs is 2. The van der Waals surface area contributed by atoms with Crippen LogP contribution in [0, 0.1) is 0 Å². The lowest BCUT2D eigenvalue weighted by atomic mass is 10.1. The molecule has 0 aliphatic carbocycles. The van der Waals surface area contributed by atoms with Crippen LogP contribution in [0.15, 0.2) is 60.7 Å². The zero-order chi connectivity index (χ0) is 18.1. The van der Waals surface area contributed by atoms with Crippen molar-refractivity contribution in [2.75, 3.05) is 7.11 Å². The Kier molecular flexibility index (Phi) is 4.31. The van der Waals surface area contributed by atoms with Crippen LogP contribution in [0.25, 0.3) is 21.0 Å². The number of esters is 1. The molecule has 0 saturated carbocycles. The number of carbonyl (C=O) groups excluding carboxylic acids is 1. The zero-order valence-corrected chi connectivity index (χ0v) is 15.2. The van der Waals surface area contributed by atoms with E-state index in [2.05, 4.69) is 4.98 Å². The lowest BCUT2D eigenvalue weighted by Gasteiger charge is -2.13. The maximum atomic E-state index is 12.7. The van der Waals surface area contributed by atoms with E-state index in [-0.39, 0.29) is 0 Å². The van der Waals surface area contributed by atoms with Gasteiger partial charge in [0.2, 0.25) is 0 Å². The maximum absolute atomic E-state index is 12.7. The predicted octanol–water partition coefficient (Wildman–Crippen LogP) is 5.38. The molecule has 1 heterocycles. The van der Waals surface area contributed by atoms with Crippen molar-refractivity contribution < 1.29 is 14.3 Å². The second-order valence-corrected chi connectivity index (χ2v) is 7.03. The number of ether oxygens (including phenoxy) is 2. The number of carbonyl (C=O) groups is 1. The Morgan fingerprint density at radius 3 is 2.46 bits per heavy atom. The lowest BCUT2D eigenvalue weighted by molar-refractivity contribution is 0.0334. The molecule has 0 saturated heterocycles. The maximum Gasteiger partial charge on any atom is 0.342 e. The SMILES string of the molecule is COc1cc2ccccc2cc1C(=O)OC(C)c1nc2ccccc2s1. The number of benzene rings is 3. The summed E-state index contributed by atoms with van der Waals surface area (Å²) in [7, 11) is 1.55. The van der Waals surface area contributed by atoms with Crippen LogP contribution in [0.5, 0.6) is 5.75 Å². The van der Waals surface area contributed by atoms with Gasteiger partial charge in [-0.1, -0.05) is 36.4 Å². The summed E-state index contributed by atoms with van der Waals surface area (Å²) in [5.74, 6) is 0.0876. The van der Waals surface area contributed by atoms with Gasteiger partial charge < -0.3 is 9.47 Å². The number of methoxy groups -OCH3 is 1. The minimum atomic E-state index is -0.434. The van der Waals surface area contributed by atoms with Gasteiger partial charge in [0.05, 0.1) is 17.3 Å². The third-order valence-corrected chi connectivity index (χ3v) is 5.43. The van der Waals surface area contributed by atoms with Gasteiger partial charge in [0.15, 0.2) is 6.10 Å². The van der Waals surface area contributed by atoms with E-state index in [1.165, 1.54) is 11.3 Å². The second-order valence-electron chi connectivity index (χ2n) is 5.97. The van der Waals surface area contributed by atoms with Gasteiger partial charge in [0.1, 0.15) is 16.3 Å². The molecule has 5 heteroatoms. The molecule has 0 spiro atoms. The van der Waals surface area contributed by atoms with Gasteiger partial charge in [0.25, 0.3) is 0 Å². The van der Waals surface area contributed by atoms with Crippen LogP contribution in [0.1, 0.15) is 28.4 Å². The molecule has 26 heavy (non-hydrogen) atoms. The minimum Gasteiger partial charge on any atom is -0.496 e. The van der Waals surface area contributed by atoms with Gasteiger partial charge in [-0.05, 0) is 42.0 Å². The van der Waals surface area contributed by atoms with E-state index in [4.69, 9.17) is 9.47 Å². The Bertz CT molecular complexity index is 1070. The third kappa shape index (κ3) is 3.02. The first kappa shape index (κ1) is 16.5. The van der Waals surface area contributed by atoms with E-state index in [1.807, 2.05) is 67.6 Å². The molecule has 4 aromatic rings. The van der Waals surface area contributed by atoms with Gasteiger partial charge in [0, 0.05) is 0 Å². The molecule has 0 N–H and O–H groups in total. The van der Waals surface area contributed by atoms with Crippen molar-refractivity contribution in [3.8, 4) is 5.75 Å². The van der Waals surface area contributed by atoms with Crippen LogP contribution in [-0.2, 0) is 4.74 Å². The molecule has 0 bridgehead atoms. The number of aromatic nitrogens is 1. The summed E-state index contributed by atoms with van der Waals surface area (Å²) in [5.41, 5.74) is 1.33. The van der Waals surface area contributed by atoms with Crippen LogP contribution < -0.4 is 4.74 Å². The van der Waals surface area contributed by atoms with E-state index < -0.39 is 12.1 Å². The molecule has 1 aromatic heterocycles. The fourth-order valence-corrected chi connectivity index (χ4v) is 3.83. The molecule has 0 radical (unpaired) electrons. The van der Waals surface area contributed by atoms with Gasteiger partial charge in [-0.2, -0.15) is 0 Å². The standard InChI is InChI=1S/C21H17NO3S/c1-13(20-22-17-9-5-6-10-19(17)26-20)25-21(23)16-11-14-7-3-4-8-15(14)12-18(16)24-2/h3-13H,1-2H3. The highest BCUT2D eigenvalue weighted by atomic mass is 32.1. The monoisotopic (exact) mass is 363 g/mol. The predicted molar refractivity (Wildman–Crippen MR) is 104 cm³/mol. The average molecular weight is 363 g/mol. The molecule has 1 atom stereocenters. The normalized spacial score (nSPS) is 12.2. The fraction of sp³-hybridized carbons (Fsp3) is 0.143. The highest BCUT2D eigenvalue weighted by molar-refractivity contribution is 7.18. The van der Waals surface area contributed by atoms with Crippen LogP contribution in [0.2, 0.25) is 0 Å². The summed E-state index contributed by atoms with van der Waals surface area (Å²) in [4.78, 5) is 17.3. The Labute approximate surface area is 155 Å². The highest BCUT2D eigenvalue weighted by Gasteiger charge is 2.20. The first-order chi connectivity index (χ1) is 12.7. The van der Waals surface area contributed by atoms with Crippen molar-refractivity contribution in [3.63, 3.8) is 0 Å². The van der Waals surface area contributed by atoms with Crippen LogP contribution in [0.3, 0.4) is 0 Å². The molecule has 1 unspecified atom stereocenters. The quantitative estimate of drug-likeness (QED) is 0.457. The van der Waals surface area contributed by atoms with Crippen LogP contribution in [0.4, 0.5) is 0 Å². The first-order valence-corrected chi connectivity index (χ1v) is 9.10. The highest BCUT2D eigenvalue weighted by Crippen LogP contribution is 2.31. The average Bonchev–Trinajstić information content (AvgIpc) is 3.11. The molecule has 0 amide bonds. The van der Waals surface area contributed by atoms with E-state index >= 15 is 0 Å². The van der Waals surface area contributed by atoms with Crippen molar-refractivity contribution in [3.05, 3.63) is 71.2 Å². The number of nitrogens with zero attached hydrogens (tertiary/aromatic N) is 1. The molecule has 0 aliphatic heterocycles. The molecule has 0 aliphatic rings. The summed E-state index contributed by atoms with van der Waals surface area (Å²) in [6.07, 6.45) is -0.434. The van der Waals surface area contributed by atoms with Gasteiger partial charge in [-0.25, -0.2) is 9.78 Å². The number of rotatable bonds is 4. The van der Waals surface area contributed by atoms with Crippen molar-refractivity contribution in [1.29, 1.82) is 0 Å². The largest absolute Gasteiger partial charge is 0.496 e. The molecule has 130 valence electrons. The summed E-state index contributed by atoms with van der Waals surface area (Å²) < 4.78 is 12.1. The Morgan fingerprint density at radius 1 is 1.04 bits per heavy atom. The topological polar surface area (TPSA) is 48.4 Å². The molecule has 0 fully saturated rings. The summed E-state index contributed by atoms with van der Waals surface area (Å²) in [5, 5.41) is 2.76. The summed E-state index contributed by atoms with van der Waals surface area (Å²) in [6, 6.07) is 19.4. The number of thiazole rings is 1. The lowest BCUT2D eigenvalue weighted by Crippen LogP contribution is -2.10. The number of hydrogen-bond donors (Lipinski definition) is 0. The Hall–Kier alpha value is -2.92. The first-order valence-electron chi connectivity index (χ1n) is 8.29. The van der Waals surface area contributed by atoms with E-state index in [0.29, 0.717) is 11.3 Å². The Balaban J connectivity index is 1.63. The molecule has 3 aromatic carbocycles. The molecular formula is C21H17NO3S. The van der Waals surface area contributed by atoms with Crippen LogP contribution >= 0.6 is 11.3 Å². The fourth-order valence-electron chi connectivity index (χ4n) is 2.89. The van der Waals surface area contributed by atoms with Gasteiger partial charge in [-0.15, -0.1) is 11.3 Å². The third-order valence-electron chi connectivity index (χ3n) is 4.23. The molecule has 4 nitrogen and oxygen atoms in total. The number of hydrogen-bond acceptors (Lipinski definition) is 5. The zero-order valence-electron chi connectivity index (χ0n) is 14.4. The Morgan fingerprint density at radius 2 is 1.73 bits per heavy atom. The van der Waals surface area contributed by atoms with E-state index in [0.717, 1.165) is 26.0 Å².